The second-order valence-electron chi connectivity index (χ2n) is 4.10. The Morgan fingerprint density at radius 1 is 1.06 bits per heavy atom. The first-order valence-corrected chi connectivity index (χ1v) is 6.12. The second kappa shape index (κ2) is 6.77. The molecule has 0 aliphatic carbocycles. The molecule has 0 amide bonds. The largest absolute Gasteiger partial charge is 0.494 e. The topological polar surface area (TPSA) is 42.4 Å². The van der Waals surface area contributed by atoms with Gasteiger partial charge in [-0.15, -0.1) is 0 Å². The summed E-state index contributed by atoms with van der Waals surface area (Å²) in [6.45, 7) is 0.617. The van der Waals surface area contributed by atoms with E-state index in [1.807, 2.05) is 42.5 Å². The maximum Gasteiger partial charge on any atom is 0.119 e. The van der Waals surface area contributed by atoms with E-state index in [-0.39, 0.29) is 0 Å². The van der Waals surface area contributed by atoms with Gasteiger partial charge in [0.1, 0.15) is 5.75 Å². The molecule has 1 N–H and O–H groups in total. The average molecular weight is 243 g/mol. The number of hydrogen-bond acceptors (Lipinski definition) is 3. The Morgan fingerprint density at radius 2 is 1.78 bits per heavy atom. The molecule has 1 aromatic heterocycles. The predicted octanol–water partition coefficient (Wildman–Crippen LogP) is 2.97. The highest BCUT2D eigenvalue weighted by atomic mass is 16.5. The van der Waals surface area contributed by atoms with E-state index < -0.39 is 6.10 Å². The first-order valence-electron chi connectivity index (χ1n) is 6.12. The zero-order chi connectivity index (χ0) is 12.6. The second-order valence-corrected chi connectivity index (χ2v) is 4.10. The van der Waals surface area contributed by atoms with E-state index in [0.717, 1.165) is 17.7 Å². The van der Waals surface area contributed by atoms with Crippen molar-refractivity contribution < 1.29 is 9.84 Å². The minimum atomic E-state index is -0.438. The third kappa shape index (κ3) is 3.86. The van der Waals surface area contributed by atoms with Crippen molar-refractivity contribution in [3.8, 4) is 5.75 Å². The molecule has 1 unspecified atom stereocenters. The van der Waals surface area contributed by atoms with Gasteiger partial charge in [-0.25, -0.2) is 0 Å². The van der Waals surface area contributed by atoms with Gasteiger partial charge in [0.25, 0.3) is 0 Å². The number of nitrogens with zero attached hydrogens (tertiary/aromatic N) is 1. The highest BCUT2D eigenvalue weighted by Gasteiger charge is 2.06. The van der Waals surface area contributed by atoms with Crippen LogP contribution >= 0.6 is 0 Å². The van der Waals surface area contributed by atoms with Crippen molar-refractivity contribution in [1.29, 1.82) is 0 Å². The normalized spacial score (nSPS) is 12.1. The fourth-order valence-corrected chi connectivity index (χ4v) is 1.74. The van der Waals surface area contributed by atoms with Crippen molar-refractivity contribution in [2.45, 2.75) is 18.9 Å². The molecule has 3 heteroatoms. The van der Waals surface area contributed by atoms with Crippen LogP contribution in [0.25, 0.3) is 0 Å². The Balaban J connectivity index is 1.70. The summed E-state index contributed by atoms with van der Waals surface area (Å²) in [6, 6.07) is 13.4. The van der Waals surface area contributed by atoms with Crippen molar-refractivity contribution in [3.05, 3.63) is 60.4 Å². The number of aliphatic hydroxyl groups is 1. The number of pyridine rings is 1. The minimum absolute atomic E-state index is 0.438. The summed E-state index contributed by atoms with van der Waals surface area (Å²) in [5.41, 5.74) is 0.907. The number of aliphatic hydroxyl groups excluding tert-OH is 1. The van der Waals surface area contributed by atoms with Crippen LogP contribution in [0.1, 0.15) is 24.5 Å². The predicted molar refractivity (Wildman–Crippen MR) is 70.4 cm³/mol. The molecule has 1 aromatic carbocycles. The van der Waals surface area contributed by atoms with Gasteiger partial charge in [-0.2, -0.15) is 0 Å². The number of benzene rings is 1. The Kier molecular flexibility index (Phi) is 4.73. The van der Waals surface area contributed by atoms with E-state index in [2.05, 4.69) is 4.98 Å². The lowest BCUT2D eigenvalue weighted by molar-refractivity contribution is 0.154. The highest BCUT2D eigenvalue weighted by Crippen LogP contribution is 2.17. The molecular weight excluding hydrogens is 226 g/mol. The van der Waals surface area contributed by atoms with Crippen LogP contribution in [0.5, 0.6) is 5.75 Å². The summed E-state index contributed by atoms with van der Waals surface area (Å²) in [7, 11) is 0. The van der Waals surface area contributed by atoms with Crippen LogP contribution in [0.4, 0.5) is 0 Å². The lowest BCUT2D eigenvalue weighted by Gasteiger charge is -2.11. The number of hydrogen-bond donors (Lipinski definition) is 1. The van der Waals surface area contributed by atoms with Gasteiger partial charge < -0.3 is 9.84 Å². The summed E-state index contributed by atoms with van der Waals surface area (Å²) in [4.78, 5) is 3.93. The average Bonchev–Trinajstić information content (AvgIpc) is 2.45. The molecule has 1 heterocycles. The van der Waals surface area contributed by atoms with Crippen molar-refractivity contribution >= 4 is 0 Å². The maximum absolute atomic E-state index is 9.93. The summed E-state index contributed by atoms with van der Waals surface area (Å²) in [5, 5.41) is 9.93. The van der Waals surface area contributed by atoms with Gasteiger partial charge in [0.05, 0.1) is 12.7 Å². The minimum Gasteiger partial charge on any atom is -0.494 e. The van der Waals surface area contributed by atoms with E-state index in [1.165, 1.54) is 0 Å². The quantitative estimate of drug-likeness (QED) is 0.793. The van der Waals surface area contributed by atoms with E-state index in [0.29, 0.717) is 13.0 Å². The van der Waals surface area contributed by atoms with Gasteiger partial charge in [-0.3, -0.25) is 4.98 Å². The molecule has 0 bridgehead atoms. The van der Waals surface area contributed by atoms with E-state index in [4.69, 9.17) is 4.74 Å². The fourth-order valence-electron chi connectivity index (χ4n) is 1.74. The molecule has 94 valence electrons. The van der Waals surface area contributed by atoms with E-state index >= 15 is 0 Å². The van der Waals surface area contributed by atoms with Gasteiger partial charge in [-0.1, -0.05) is 18.2 Å². The van der Waals surface area contributed by atoms with Crippen LogP contribution in [-0.2, 0) is 0 Å². The zero-order valence-corrected chi connectivity index (χ0v) is 10.2. The smallest absolute Gasteiger partial charge is 0.119 e. The zero-order valence-electron chi connectivity index (χ0n) is 10.2. The Hall–Kier alpha value is -1.87. The van der Waals surface area contributed by atoms with E-state index in [1.54, 1.807) is 12.4 Å². The monoisotopic (exact) mass is 243 g/mol. The molecular formula is C15H17NO2. The first-order chi connectivity index (χ1) is 8.86. The Labute approximate surface area is 107 Å². The van der Waals surface area contributed by atoms with Crippen LogP contribution < -0.4 is 4.74 Å². The summed E-state index contributed by atoms with van der Waals surface area (Å²) in [5.74, 6) is 0.871. The van der Waals surface area contributed by atoms with Gasteiger partial charge in [0.15, 0.2) is 0 Å². The molecule has 0 radical (unpaired) electrons. The van der Waals surface area contributed by atoms with Crippen LogP contribution in [0.15, 0.2) is 54.9 Å². The van der Waals surface area contributed by atoms with Crippen LogP contribution in [0, 0.1) is 0 Å². The molecule has 2 aromatic rings. The van der Waals surface area contributed by atoms with Crippen molar-refractivity contribution in [2.75, 3.05) is 6.61 Å². The van der Waals surface area contributed by atoms with E-state index in [9.17, 15) is 5.11 Å². The molecule has 0 fully saturated rings. The molecule has 0 aliphatic heterocycles. The fraction of sp³-hybridized carbons (Fsp3) is 0.267. The summed E-state index contributed by atoms with van der Waals surface area (Å²) in [6.07, 6.45) is 4.46. The SMILES string of the molecule is OC(CCCOc1ccccc1)c1ccncc1. The molecule has 0 aliphatic rings. The standard InChI is InChI=1S/C15H17NO2/c17-15(13-8-10-16-11-9-13)7-4-12-18-14-5-2-1-3-6-14/h1-3,5-6,8-11,15,17H,4,7,12H2. The molecule has 0 saturated heterocycles. The Bertz CT molecular complexity index is 445. The molecule has 0 saturated carbocycles. The number of rotatable bonds is 6. The van der Waals surface area contributed by atoms with Crippen LogP contribution in [0.3, 0.4) is 0 Å². The highest BCUT2D eigenvalue weighted by molar-refractivity contribution is 5.20. The molecule has 3 nitrogen and oxygen atoms in total. The van der Waals surface area contributed by atoms with Gasteiger partial charge in [-0.05, 0) is 42.7 Å². The summed E-state index contributed by atoms with van der Waals surface area (Å²) >= 11 is 0. The number of ether oxygens (including phenoxy) is 1. The van der Waals surface area contributed by atoms with Crippen LogP contribution in [-0.4, -0.2) is 16.7 Å². The third-order valence-electron chi connectivity index (χ3n) is 2.72. The van der Waals surface area contributed by atoms with Crippen molar-refractivity contribution in [1.82, 2.24) is 4.98 Å². The molecule has 18 heavy (non-hydrogen) atoms. The number of para-hydroxylation sites is 1. The van der Waals surface area contributed by atoms with Gasteiger partial charge in [0, 0.05) is 12.4 Å². The Morgan fingerprint density at radius 3 is 2.50 bits per heavy atom. The maximum atomic E-state index is 9.93. The van der Waals surface area contributed by atoms with Gasteiger partial charge in [0.2, 0.25) is 0 Å². The molecule has 1 atom stereocenters. The summed E-state index contributed by atoms with van der Waals surface area (Å²) < 4.78 is 5.57. The van der Waals surface area contributed by atoms with Gasteiger partial charge >= 0.3 is 0 Å². The van der Waals surface area contributed by atoms with Crippen molar-refractivity contribution in [3.63, 3.8) is 0 Å². The number of aromatic nitrogens is 1. The van der Waals surface area contributed by atoms with Crippen molar-refractivity contribution in [2.24, 2.45) is 0 Å². The molecule has 2 rings (SSSR count). The molecule has 0 spiro atoms. The first kappa shape index (κ1) is 12.6. The lowest BCUT2D eigenvalue weighted by Crippen LogP contribution is -2.02. The third-order valence-corrected chi connectivity index (χ3v) is 2.72. The lowest BCUT2D eigenvalue weighted by atomic mass is 10.1. The van der Waals surface area contributed by atoms with Crippen LogP contribution in [0.2, 0.25) is 0 Å².